The molecule has 0 unspecified atom stereocenters. The Morgan fingerprint density at radius 3 is 2.15 bits per heavy atom. The van der Waals surface area contributed by atoms with Gasteiger partial charge in [-0.2, -0.15) is 13.2 Å². The van der Waals surface area contributed by atoms with Gasteiger partial charge in [0.1, 0.15) is 0 Å². The molecule has 0 aliphatic rings. The molecular formula is C19H32ClF3N2O. The van der Waals surface area contributed by atoms with Gasteiger partial charge in [0.15, 0.2) is 0 Å². The fourth-order valence-corrected chi connectivity index (χ4v) is 2.50. The lowest BCUT2D eigenvalue weighted by atomic mass is 10.1. The van der Waals surface area contributed by atoms with Crippen LogP contribution in [0.4, 0.5) is 13.2 Å². The van der Waals surface area contributed by atoms with E-state index >= 15 is 0 Å². The topological polar surface area (TPSA) is 49.5 Å². The number of hydrogen-bond acceptors (Lipinski definition) is 3. The number of benzene rings is 1. The van der Waals surface area contributed by atoms with E-state index in [0.29, 0.717) is 36.9 Å². The van der Waals surface area contributed by atoms with E-state index in [1.165, 1.54) is 6.07 Å². The standard InChI is InChI=1S/C15H21ClF3NO.C4H11N/c1-11(2)9-20(7-4-8-21)10-12-5-3-6-13(14(12)16)15(17,18)19;1-4(2)3-5/h3,5-6,11,21H,4,7-10H2,1-2H3;4H,3,5H2,1-2H3. The second-order valence-corrected chi connectivity index (χ2v) is 7.49. The molecule has 0 aliphatic heterocycles. The first kappa shape index (κ1) is 25.2. The van der Waals surface area contributed by atoms with E-state index in [9.17, 15) is 13.2 Å². The second kappa shape index (κ2) is 12.5. The summed E-state index contributed by atoms with van der Waals surface area (Å²) in [4.78, 5) is 2.02. The van der Waals surface area contributed by atoms with Gasteiger partial charge >= 0.3 is 6.18 Å². The van der Waals surface area contributed by atoms with Gasteiger partial charge in [0.25, 0.3) is 0 Å². The van der Waals surface area contributed by atoms with E-state index < -0.39 is 11.7 Å². The summed E-state index contributed by atoms with van der Waals surface area (Å²) in [6, 6.07) is 3.99. The van der Waals surface area contributed by atoms with Crippen LogP contribution in [0.5, 0.6) is 0 Å². The summed E-state index contributed by atoms with van der Waals surface area (Å²) in [5, 5.41) is 8.69. The van der Waals surface area contributed by atoms with Crippen LogP contribution in [0, 0.1) is 11.8 Å². The van der Waals surface area contributed by atoms with Gasteiger partial charge in [0, 0.05) is 26.2 Å². The quantitative estimate of drug-likeness (QED) is 0.663. The minimum absolute atomic E-state index is 0.0604. The third kappa shape index (κ3) is 10.4. The predicted molar refractivity (Wildman–Crippen MR) is 102 cm³/mol. The molecule has 0 saturated heterocycles. The molecule has 3 nitrogen and oxygen atoms in total. The number of rotatable bonds is 8. The van der Waals surface area contributed by atoms with Crippen molar-refractivity contribution in [1.29, 1.82) is 0 Å². The Bertz CT molecular complexity index is 508. The molecule has 0 aromatic heterocycles. The first-order valence-electron chi connectivity index (χ1n) is 8.90. The highest BCUT2D eigenvalue weighted by atomic mass is 35.5. The van der Waals surface area contributed by atoms with E-state index in [2.05, 4.69) is 13.8 Å². The third-order valence-corrected chi connectivity index (χ3v) is 3.95. The molecule has 152 valence electrons. The highest BCUT2D eigenvalue weighted by Crippen LogP contribution is 2.36. The van der Waals surface area contributed by atoms with Crippen molar-refractivity contribution in [3.63, 3.8) is 0 Å². The molecule has 0 atom stereocenters. The van der Waals surface area contributed by atoms with Gasteiger partial charge in [-0.15, -0.1) is 0 Å². The summed E-state index contributed by atoms with van der Waals surface area (Å²) in [7, 11) is 0. The third-order valence-electron chi connectivity index (χ3n) is 3.51. The van der Waals surface area contributed by atoms with Crippen molar-refractivity contribution >= 4 is 11.6 Å². The van der Waals surface area contributed by atoms with E-state index in [1.807, 2.05) is 18.7 Å². The minimum Gasteiger partial charge on any atom is -0.396 e. The van der Waals surface area contributed by atoms with Crippen LogP contribution in [0.2, 0.25) is 5.02 Å². The van der Waals surface area contributed by atoms with E-state index in [0.717, 1.165) is 19.2 Å². The molecule has 0 amide bonds. The fraction of sp³-hybridized carbons (Fsp3) is 0.684. The Balaban J connectivity index is 0.00000110. The maximum atomic E-state index is 12.8. The molecule has 1 aromatic rings. The second-order valence-electron chi connectivity index (χ2n) is 7.11. The molecule has 7 heteroatoms. The van der Waals surface area contributed by atoms with Crippen LogP contribution in [0.3, 0.4) is 0 Å². The SMILES string of the molecule is CC(C)CN.CC(C)CN(CCCO)Cc1cccc(C(F)(F)F)c1Cl. The Morgan fingerprint density at radius 2 is 1.73 bits per heavy atom. The number of aliphatic hydroxyl groups excluding tert-OH is 1. The van der Waals surface area contributed by atoms with Crippen LogP contribution < -0.4 is 5.73 Å². The lowest BCUT2D eigenvalue weighted by molar-refractivity contribution is -0.137. The number of aliphatic hydroxyl groups is 1. The van der Waals surface area contributed by atoms with Crippen molar-refractivity contribution in [2.24, 2.45) is 17.6 Å². The summed E-state index contributed by atoms with van der Waals surface area (Å²) in [6.45, 7) is 10.9. The highest BCUT2D eigenvalue weighted by Gasteiger charge is 2.33. The first-order valence-corrected chi connectivity index (χ1v) is 9.28. The van der Waals surface area contributed by atoms with Crippen LogP contribution >= 0.6 is 11.6 Å². The molecular weight excluding hydrogens is 365 g/mol. The molecule has 0 saturated carbocycles. The first-order chi connectivity index (χ1) is 12.0. The van der Waals surface area contributed by atoms with E-state index in [4.69, 9.17) is 22.4 Å². The van der Waals surface area contributed by atoms with Crippen LogP contribution in [0.1, 0.15) is 45.2 Å². The van der Waals surface area contributed by atoms with E-state index in [1.54, 1.807) is 6.07 Å². The number of alkyl halides is 3. The molecule has 0 aliphatic carbocycles. The maximum absolute atomic E-state index is 12.8. The van der Waals surface area contributed by atoms with Crippen LogP contribution in [-0.2, 0) is 12.7 Å². The van der Waals surface area contributed by atoms with Gasteiger partial charge in [-0.25, -0.2) is 0 Å². The predicted octanol–water partition coefficient (Wildman–Crippen LogP) is 4.80. The largest absolute Gasteiger partial charge is 0.417 e. The maximum Gasteiger partial charge on any atom is 0.417 e. The lowest BCUT2D eigenvalue weighted by Crippen LogP contribution is -2.29. The van der Waals surface area contributed by atoms with Crippen molar-refractivity contribution in [1.82, 2.24) is 4.90 Å². The highest BCUT2D eigenvalue weighted by molar-refractivity contribution is 6.32. The van der Waals surface area contributed by atoms with Crippen molar-refractivity contribution < 1.29 is 18.3 Å². The Labute approximate surface area is 160 Å². The zero-order valence-electron chi connectivity index (χ0n) is 16.1. The van der Waals surface area contributed by atoms with Gasteiger partial charge in [-0.3, -0.25) is 4.90 Å². The fourth-order valence-electron chi connectivity index (χ4n) is 2.21. The van der Waals surface area contributed by atoms with Gasteiger partial charge in [-0.05, 0) is 36.4 Å². The number of hydrogen-bond donors (Lipinski definition) is 2. The molecule has 0 fully saturated rings. The minimum atomic E-state index is -4.44. The molecule has 3 N–H and O–H groups in total. The van der Waals surface area contributed by atoms with Crippen molar-refractivity contribution in [2.45, 2.75) is 46.8 Å². The Hall–Kier alpha value is -0.820. The zero-order chi connectivity index (χ0) is 20.3. The van der Waals surface area contributed by atoms with Crippen LogP contribution in [0.25, 0.3) is 0 Å². The molecule has 0 spiro atoms. The number of nitrogens with zero attached hydrogens (tertiary/aromatic N) is 1. The van der Waals surface area contributed by atoms with Crippen LogP contribution in [0.15, 0.2) is 18.2 Å². The van der Waals surface area contributed by atoms with Crippen molar-refractivity contribution in [3.8, 4) is 0 Å². The Morgan fingerprint density at radius 1 is 1.15 bits per heavy atom. The number of halogens is 4. The van der Waals surface area contributed by atoms with Gasteiger partial charge < -0.3 is 10.8 Å². The van der Waals surface area contributed by atoms with Crippen LogP contribution in [-0.4, -0.2) is 36.2 Å². The molecule has 1 rings (SSSR count). The molecule has 1 aromatic carbocycles. The molecule has 0 bridgehead atoms. The van der Waals surface area contributed by atoms with Crippen molar-refractivity contribution in [3.05, 3.63) is 34.3 Å². The van der Waals surface area contributed by atoms with Gasteiger partial charge in [0.2, 0.25) is 0 Å². The normalized spacial score (nSPS) is 11.9. The van der Waals surface area contributed by atoms with Crippen molar-refractivity contribution in [2.75, 3.05) is 26.2 Å². The summed E-state index contributed by atoms with van der Waals surface area (Å²) in [5.74, 6) is 1.04. The monoisotopic (exact) mass is 396 g/mol. The average Bonchev–Trinajstić information content (AvgIpc) is 2.53. The molecule has 0 radical (unpaired) electrons. The number of nitrogens with two attached hydrogens (primary N) is 1. The van der Waals surface area contributed by atoms with E-state index in [-0.39, 0.29) is 11.6 Å². The Kier molecular flexibility index (Phi) is 12.2. The average molecular weight is 397 g/mol. The summed E-state index contributed by atoms with van der Waals surface area (Å²) in [6.07, 6.45) is -3.86. The molecule has 26 heavy (non-hydrogen) atoms. The smallest absolute Gasteiger partial charge is 0.396 e. The summed E-state index contributed by atoms with van der Waals surface area (Å²) < 4.78 is 38.5. The van der Waals surface area contributed by atoms with Gasteiger partial charge in [0.05, 0.1) is 10.6 Å². The summed E-state index contributed by atoms with van der Waals surface area (Å²) >= 11 is 5.91. The molecule has 0 heterocycles. The zero-order valence-corrected chi connectivity index (χ0v) is 16.9. The lowest BCUT2D eigenvalue weighted by Gasteiger charge is -2.25. The van der Waals surface area contributed by atoms with Gasteiger partial charge in [-0.1, -0.05) is 51.4 Å². The summed E-state index contributed by atoms with van der Waals surface area (Å²) in [5.41, 5.74) is 4.84.